The zero-order valence-corrected chi connectivity index (χ0v) is 12.2. The van der Waals surface area contributed by atoms with Gasteiger partial charge in [0.1, 0.15) is 0 Å². The van der Waals surface area contributed by atoms with Gasteiger partial charge in [-0.3, -0.25) is 5.10 Å². The number of primary sulfonamides is 1. The largest absolute Gasteiger partial charge is 0.304 e. The third kappa shape index (κ3) is 3.44. The fourth-order valence-corrected chi connectivity index (χ4v) is 2.59. The van der Waals surface area contributed by atoms with Gasteiger partial charge in [-0.2, -0.15) is 5.10 Å². The molecule has 0 fully saturated rings. The van der Waals surface area contributed by atoms with Crippen molar-refractivity contribution in [3.63, 3.8) is 0 Å². The highest BCUT2D eigenvalue weighted by Crippen LogP contribution is 2.20. The molecule has 2 atom stereocenters. The Morgan fingerprint density at radius 1 is 1.25 bits per heavy atom. The van der Waals surface area contributed by atoms with Gasteiger partial charge in [0.15, 0.2) is 0 Å². The van der Waals surface area contributed by atoms with Crippen molar-refractivity contribution in [2.45, 2.75) is 30.8 Å². The molecule has 20 heavy (non-hydrogen) atoms. The predicted octanol–water partition coefficient (Wildman–Crippen LogP) is 1.47. The normalized spacial score (nSPS) is 14.9. The van der Waals surface area contributed by atoms with Crippen molar-refractivity contribution in [3.05, 3.63) is 47.8 Å². The van der Waals surface area contributed by atoms with Crippen LogP contribution in [-0.2, 0) is 10.0 Å². The number of hydrogen-bond donors (Lipinski definition) is 3. The van der Waals surface area contributed by atoms with E-state index in [1.54, 1.807) is 18.3 Å². The first-order valence-corrected chi connectivity index (χ1v) is 7.80. The Hall–Kier alpha value is -1.70. The van der Waals surface area contributed by atoms with Crippen molar-refractivity contribution in [3.8, 4) is 0 Å². The summed E-state index contributed by atoms with van der Waals surface area (Å²) in [4.78, 5) is 0.125. The molecule has 0 aliphatic carbocycles. The highest BCUT2D eigenvalue weighted by Gasteiger charge is 2.14. The van der Waals surface area contributed by atoms with Crippen LogP contribution in [0.25, 0.3) is 0 Å². The van der Waals surface area contributed by atoms with Gasteiger partial charge >= 0.3 is 0 Å². The second kappa shape index (κ2) is 5.74. The molecule has 0 radical (unpaired) electrons. The minimum absolute atomic E-state index is 0.0124. The molecule has 0 aliphatic rings. The first-order valence-electron chi connectivity index (χ1n) is 6.25. The topological polar surface area (TPSA) is 101 Å². The van der Waals surface area contributed by atoms with Gasteiger partial charge in [-0.15, -0.1) is 0 Å². The lowest BCUT2D eigenvalue weighted by molar-refractivity contribution is 0.494. The van der Waals surface area contributed by atoms with Crippen LogP contribution in [0.3, 0.4) is 0 Å². The molecule has 0 bridgehead atoms. The van der Waals surface area contributed by atoms with Crippen molar-refractivity contribution >= 4 is 10.0 Å². The van der Waals surface area contributed by atoms with Crippen LogP contribution in [0.1, 0.15) is 37.1 Å². The fraction of sp³-hybridized carbons (Fsp3) is 0.308. The monoisotopic (exact) mass is 294 g/mol. The van der Waals surface area contributed by atoms with E-state index < -0.39 is 10.0 Å². The summed E-state index contributed by atoms with van der Waals surface area (Å²) >= 11 is 0. The van der Waals surface area contributed by atoms with Crippen molar-refractivity contribution in [2.24, 2.45) is 5.14 Å². The Morgan fingerprint density at radius 2 is 1.95 bits per heavy atom. The number of hydrogen-bond acceptors (Lipinski definition) is 4. The van der Waals surface area contributed by atoms with E-state index in [4.69, 9.17) is 5.14 Å². The minimum atomic E-state index is -3.67. The summed E-state index contributed by atoms with van der Waals surface area (Å²) in [7, 11) is -3.67. The van der Waals surface area contributed by atoms with Crippen LogP contribution in [0.4, 0.5) is 0 Å². The Labute approximate surface area is 118 Å². The second-order valence-electron chi connectivity index (χ2n) is 4.76. The SMILES string of the molecule is CC(NC(C)c1cccc(S(N)(=O)=O)c1)c1cn[nH]c1. The van der Waals surface area contributed by atoms with Crippen molar-refractivity contribution in [1.82, 2.24) is 15.5 Å². The molecule has 1 heterocycles. The zero-order chi connectivity index (χ0) is 14.8. The molecule has 0 amide bonds. The maximum absolute atomic E-state index is 11.4. The number of nitrogens with zero attached hydrogens (tertiary/aromatic N) is 1. The van der Waals surface area contributed by atoms with E-state index in [0.717, 1.165) is 11.1 Å². The molecule has 0 saturated carbocycles. The second-order valence-corrected chi connectivity index (χ2v) is 6.32. The van der Waals surface area contributed by atoms with Crippen LogP contribution in [0.2, 0.25) is 0 Å². The molecule has 4 N–H and O–H groups in total. The van der Waals surface area contributed by atoms with E-state index in [0.29, 0.717) is 0 Å². The van der Waals surface area contributed by atoms with Crippen LogP contribution in [-0.4, -0.2) is 18.6 Å². The molecular weight excluding hydrogens is 276 g/mol. The third-order valence-corrected chi connectivity index (χ3v) is 4.12. The number of sulfonamides is 1. The van der Waals surface area contributed by atoms with Crippen LogP contribution < -0.4 is 10.5 Å². The lowest BCUT2D eigenvalue weighted by atomic mass is 10.1. The molecule has 0 aliphatic heterocycles. The lowest BCUT2D eigenvalue weighted by Crippen LogP contribution is -2.22. The summed E-state index contributed by atoms with van der Waals surface area (Å²) < 4.78 is 22.7. The van der Waals surface area contributed by atoms with E-state index >= 15 is 0 Å². The maximum Gasteiger partial charge on any atom is 0.238 e. The zero-order valence-electron chi connectivity index (χ0n) is 11.4. The van der Waals surface area contributed by atoms with Crippen molar-refractivity contribution in [2.75, 3.05) is 0 Å². The molecule has 0 spiro atoms. The number of aromatic nitrogens is 2. The van der Waals surface area contributed by atoms with Gasteiger partial charge in [0.2, 0.25) is 10.0 Å². The first kappa shape index (κ1) is 14.7. The van der Waals surface area contributed by atoms with E-state index in [9.17, 15) is 8.42 Å². The summed E-state index contributed by atoms with van der Waals surface area (Å²) in [5.41, 5.74) is 1.91. The van der Waals surface area contributed by atoms with Crippen LogP contribution in [0.5, 0.6) is 0 Å². The number of H-pyrrole nitrogens is 1. The van der Waals surface area contributed by atoms with Gasteiger partial charge in [0.25, 0.3) is 0 Å². The van der Waals surface area contributed by atoms with Crippen LogP contribution in [0, 0.1) is 0 Å². The quantitative estimate of drug-likeness (QED) is 0.777. The molecule has 7 heteroatoms. The number of nitrogens with one attached hydrogen (secondary N) is 2. The summed E-state index contributed by atoms with van der Waals surface area (Å²) in [6, 6.07) is 6.73. The fourth-order valence-electron chi connectivity index (χ4n) is 2.03. The summed E-state index contributed by atoms with van der Waals surface area (Å²) in [5, 5.41) is 15.2. The minimum Gasteiger partial charge on any atom is -0.304 e. The Balaban J connectivity index is 2.15. The predicted molar refractivity (Wildman–Crippen MR) is 76.4 cm³/mol. The Morgan fingerprint density at radius 3 is 2.55 bits per heavy atom. The molecule has 1 aromatic carbocycles. The summed E-state index contributed by atoms with van der Waals surface area (Å²) in [6.45, 7) is 3.99. The molecule has 0 saturated heterocycles. The lowest BCUT2D eigenvalue weighted by Gasteiger charge is -2.19. The summed E-state index contributed by atoms with van der Waals surface area (Å²) in [5.74, 6) is 0. The van der Waals surface area contributed by atoms with E-state index in [1.807, 2.05) is 26.1 Å². The molecule has 2 aromatic rings. The Kier molecular flexibility index (Phi) is 4.22. The molecule has 6 nitrogen and oxygen atoms in total. The van der Waals surface area contributed by atoms with E-state index in [-0.39, 0.29) is 17.0 Å². The van der Waals surface area contributed by atoms with Crippen LogP contribution in [0.15, 0.2) is 41.6 Å². The number of aromatic amines is 1. The van der Waals surface area contributed by atoms with Gasteiger partial charge in [-0.1, -0.05) is 12.1 Å². The number of rotatable bonds is 5. The standard InChI is InChI=1S/C13H18N4O2S/c1-9(17-10(2)12-7-15-16-8-12)11-4-3-5-13(6-11)20(14,18)19/h3-10,17H,1-2H3,(H,15,16)(H2,14,18,19). The molecule has 108 valence electrons. The molecular formula is C13H18N4O2S. The number of benzene rings is 1. The first-order chi connectivity index (χ1) is 9.38. The van der Waals surface area contributed by atoms with Crippen LogP contribution >= 0.6 is 0 Å². The molecule has 2 unspecified atom stereocenters. The van der Waals surface area contributed by atoms with Gasteiger partial charge < -0.3 is 5.32 Å². The summed E-state index contributed by atoms with van der Waals surface area (Å²) in [6.07, 6.45) is 3.58. The molecule has 2 rings (SSSR count). The smallest absolute Gasteiger partial charge is 0.238 e. The highest BCUT2D eigenvalue weighted by atomic mass is 32.2. The van der Waals surface area contributed by atoms with Gasteiger partial charge in [-0.05, 0) is 31.5 Å². The molecule has 1 aromatic heterocycles. The van der Waals surface area contributed by atoms with Crippen molar-refractivity contribution < 1.29 is 8.42 Å². The average Bonchev–Trinajstić information content (AvgIpc) is 2.91. The average molecular weight is 294 g/mol. The van der Waals surface area contributed by atoms with E-state index in [2.05, 4.69) is 15.5 Å². The van der Waals surface area contributed by atoms with Gasteiger partial charge in [0, 0.05) is 23.8 Å². The maximum atomic E-state index is 11.4. The van der Waals surface area contributed by atoms with Gasteiger partial charge in [-0.25, -0.2) is 13.6 Å². The number of nitrogens with two attached hydrogens (primary N) is 1. The highest BCUT2D eigenvalue weighted by molar-refractivity contribution is 7.89. The van der Waals surface area contributed by atoms with E-state index in [1.165, 1.54) is 6.07 Å². The third-order valence-electron chi connectivity index (χ3n) is 3.21. The van der Waals surface area contributed by atoms with Gasteiger partial charge in [0.05, 0.1) is 11.1 Å². The Bertz CT molecular complexity index is 667. The van der Waals surface area contributed by atoms with Crippen molar-refractivity contribution in [1.29, 1.82) is 0 Å².